The number of ether oxygens (including phenoxy) is 3. The van der Waals surface area contributed by atoms with Crippen LogP contribution in [-0.4, -0.2) is 39.7 Å². The average molecular weight is 505 g/mol. The van der Waals surface area contributed by atoms with Gasteiger partial charge in [-0.25, -0.2) is 0 Å². The first-order valence-corrected chi connectivity index (χ1v) is 12.3. The second kappa shape index (κ2) is 11.2. The van der Waals surface area contributed by atoms with Gasteiger partial charge < -0.3 is 24.4 Å². The third-order valence-corrected chi connectivity index (χ3v) is 6.81. The quantitative estimate of drug-likeness (QED) is 0.428. The van der Waals surface area contributed by atoms with E-state index in [0.29, 0.717) is 40.8 Å². The highest BCUT2D eigenvalue weighted by Crippen LogP contribution is 2.42. The number of carbonyl (C=O) groups excluding carboxylic acids is 2. The largest absolute Gasteiger partial charge is 0.496 e. The fourth-order valence-corrected chi connectivity index (χ4v) is 4.95. The molecule has 1 aliphatic heterocycles. The highest BCUT2D eigenvalue weighted by Gasteiger charge is 2.27. The van der Waals surface area contributed by atoms with Crippen LogP contribution in [0.2, 0.25) is 0 Å². The molecule has 8 heteroatoms. The van der Waals surface area contributed by atoms with Gasteiger partial charge in [-0.05, 0) is 55.0 Å². The molecule has 0 saturated heterocycles. The van der Waals surface area contributed by atoms with Crippen molar-refractivity contribution in [1.82, 2.24) is 5.32 Å². The molecule has 7 nitrogen and oxygen atoms in total. The highest BCUT2D eigenvalue weighted by molar-refractivity contribution is 8.04. The van der Waals surface area contributed by atoms with E-state index in [4.69, 9.17) is 14.2 Å². The third kappa shape index (κ3) is 5.33. The monoisotopic (exact) mass is 504 g/mol. The van der Waals surface area contributed by atoms with E-state index in [0.717, 1.165) is 21.8 Å². The fourth-order valence-electron chi connectivity index (χ4n) is 3.86. The molecule has 1 N–H and O–H groups in total. The molecule has 0 aromatic heterocycles. The Hall–Kier alpha value is -3.91. The number of likely N-dealkylation sites (N-methyl/N-ethyl adjacent to an activating group) is 1. The summed E-state index contributed by atoms with van der Waals surface area (Å²) < 4.78 is 16.4. The number of hydrogen-bond acceptors (Lipinski definition) is 6. The maximum Gasteiger partial charge on any atom is 0.264 e. The molecule has 2 amide bonds. The molecular weight excluding hydrogens is 476 g/mol. The van der Waals surface area contributed by atoms with Gasteiger partial charge in [0.1, 0.15) is 5.75 Å². The molecule has 0 atom stereocenters. The van der Waals surface area contributed by atoms with Gasteiger partial charge in [-0.3, -0.25) is 9.59 Å². The van der Waals surface area contributed by atoms with Crippen molar-refractivity contribution < 1.29 is 23.8 Å². The van der Waals surface area contributed by atoms with E-state index < -0.39 is 0 Å². The van der Waals surface area contributed by atoms with Gasteiger partial charge >= 0.3 is 0 Å². The lowest BCUT2D eigenvalue weighted by atomic mass is 10.1. The molecule has 0 radical (unpaired) electrons. The normalized spacial score (nSPS) is 13.8. The molecule has 36 heavy (non-hydrogen) atoms. The summed E-state index contributed by atoms with van der Waals surface area (Å²) in [6.07, 6.45) is 1.83. The molecule has 0 unspecified atom stereocenters. The molecule has 0 aliphatic carbocycles. The molecule has 186 valence electrons. The molecule has 1 heterocycles. The SMILES string of the molecule is CCOc1ccc(C=C2Sc3ccc(C(=O)NCc4ccccc4OC)cc3N(C)C2=O)cc1OC. The summed E-state index contributed by atoms with van der Waals surface area (Å²) in [5.41, 5.74) is 2.88. The van der Waals surface area contributed by atoms with Crippen molar-refractivity contribution >= 4 is 35.3 Å². The van der Waals surface area contributed by atoms with Crippen molar-refractivity contribution in [2.75, 3.05) is 32.8 Å². The number of hydrogen-bond donors (Lipinski definition) is 1. The molecule has 3 aromatic carbocycles. The number of nitrogens with zero attached hydrogens (tertiary/aromatic N) is 1. The van der Waals surface area contributed by atoms with Crippen LogP contribution in [0.5, 0.6) is 17.2 Å². The standard InChI is InChI=1S/C28H28N2O5S/c1-5-35-23-12-10-18(14-24(23)34-4)15-26-28(32)30(2)21-16-19(11-13-25(21)36-26)27(31)29-17-20-8-6-7-9-22(20)33-3/h6-16H,5,17H2,1-4H3,(H,29,31). The van der Waals surface area contributed by atoms with Crippen molar-refractivity contribution in [3.63, 3.8) is 0 Å². The predicted octanol–water partition coefficient (Wildman–Crippen LogP) is 5.14. The van der Waals surface area contributed by atoms with Crippen LogP contribution in [0.15, 0.2) is 70.5 Å². The summed E-state index contributed by atoms with van der Waals surface area (Å²) in [6.45, 7) is 2.78. The van der Waals surface area contributed by atoms with Crippen LogP contribution in [0.4, 0.5) is 5.69 Å². The molecular formula is C28H28N2O5S. The van der Waals surface area contributed by atoms with Crippen LogP contribution in [0, 0.1) is 0 Å². The smallest absolute Gasteiger partial charge is 0.264 e. The minimum atomic E-state index is -0.225. The van der Waals surface area contributed by atoms with Crippen molar-refractivity contribution in [1.29, 1.82) is 0 Å². The van der Waals surface area contributed by atoms with E-state index in [-0.39, 0.29) is 11.8 Å². The molecule has 0 bridgehead atoms. The van der Waals surface area contributed by atoms with Crippen molar-refractivity contribution in [2.24, 2.45) is 0 Å². The Bertz CT molecular complexity index is 1320. The highest BCUT2D eigenvalue weighted by atomic mass is 32.2. The molecule has 0 spiro atoms. The van der Waals surface area contributed by atoms with Crippen LogP contribution in [0.25, 0.3) is 6.08 Å². The number of anilines is 1. The molecule has 3 aromatic rings. The number of thioether (sulfide) groups is 1. The fraction of sp³-hybridized carbons (Fsp3) is 0.214. The lowest BCUT2D eigenvalue weighted by Gasteiger charge is -2.27. The van der Waals surface area contributed by atoms with E-state index in [2.05, 4.69) is 5.32 Å². The Morgan fingerprint density at radius 1 is 1.00 bits per heavy atom. The number of para-hydroxylation sites is 1. The summed E-state index contributed by atoms with van der Waals surface area (Å²) in [4.78, 5) is 29.0. The van der Waals surface area contributed by atoms with E-state index >= 15 is 0 Å². The van der Waals surface area contributed by atoms with E-state index in [1.54, 1.807) is 38.3 Å². The lowest BCUT2D eigenvalue weighted by Crippen LogP contribution is -2.31. The van der Waals surface area contributed by atoms with Crippen LogP contribution >= 0.6 is 11.8 Å². The second-order valence-corrected chi connectivity index (χ2v) is 9.08. The number of carbonyl (C=O) groups is 2. The van der Waals surface area contributed by atoms with Crippen LogP contribution in [0.1, 0.15) is 28.4 Å². The zero-order valence-corrected chi connectivity index (χ0v) is 21.5. The second-order valence-electron chi connectivity index (χ2n) is 8.00. The van der Waals surface area contributed by atoms with Crippen LogP contribution in [-0.2, 0) is 11.3 Å². The third-order valence-electron chi connectivity index (χ3n) is 5.74. The number of amides is 2. The summed E-state index contributed by atoms with van der Waals surface area (Å²) >= 11 is 1.38. The zero-order chi connectivity index (χ0) is 25.7. The number of benzene rings is 3. The van der Waals surface area contributed by atoms with Gasteiger partial charge in [-0.1, -0.05) is 36.0 Å². The van der Waals surface area contributed by atoms with Gasteiger partial charge in [0.05, 0.1) is 31.4 Å². The summed E-state index contributed by atoms with van der Waals surface area (Å²) in [7, 11) is 4.90. The van der Waals surface area contributed by atoms with Crippen molar-refractivity contribution in [3.05, 3.63) is 82.3 Å². The number of nitrogens with one attached hydrogen (secondary N) is 1. The number of fused-ring (bicyclic) bond motifs is 1. The lowest BCUT2D eigenvalue weighted by molar-refractivity contribution is -0.114. The first-order valence-electron chi connectivity index (χ1n) is 11.5. The Labute approximate surface area is 215 Å². The van der Waals surface area contributed by atoms with Crippen molar-refractivity contribution in [2.45, 2.75) is 18.4 Å². The first-order chi connectivity index (χ1) is 17.4. The van der Waals surface area contributed by atoms with Crippen LogP contribution < -0.4 is 24.4 Å². The minimum absolute atomic E-state index is 0.146. The van der Waals surface area contributed by atoms with Gasteiger partial charge in [0.25, 0.3) is 11.8 Å². The van der Waals surface area contributed by atoms with Crippen molar-refractivity contribution in [3.8, 4) is 17.2 Å². The predicted molar refractivity (Wildman–Crippen MR) is 142 cm³/mol. The molecule has 1 aliphatic rings. The van der Waals surface area contributed by atoms with Gasteiger partial charge in [-0.2, -0.15) is 0 Å². The number of methoxy groups -OCH3 is 2. The Morgan fingerprint density at radius 3 is 2.53 bits per heavy atom. The zero-order valence-electron chi connectivity index (χ0n) is 20.7. The minimum Gasteiger partial charge on any atom is -0.496 e. The maximum absolute atomic E-state index is 13.1. The number of rotatable bonds is 8. The summed E-state index contributed by atoms with van der Waals surface area (Å²) in [5, 5.41) is 2.93. The molecule has 0 fully saturated rings. The first kappa shape index (κ1) is 25.2. The Morgan fingerprint density at radius 2 is 1.78 bits per heavy atom. The van der Waals surface area contributed by atoms with Gasteiger partial charge in [0.2, 0.25) is 0 Å². The molecule has 0 saturated carbocycles. The van der Waals surface area contributed by atoms with E-state index in [1.807, 2.05) is 61.5 Å². The maximum atomic E-state index is 13.1. The van der Waals surface area contributed by atoms with Gasteiger partial charge in [0.15, 0.2) is 11.5 Å². The van der Waals surface area contributed by atoms with Gasteiger partial charge in [0, 0.05) is 29.6 Å². The topological polar surface area (TPSA) is 77.1 Å². The van der Waals surface area contributed by atoms with E-state index in [1.165, 1.54) is 11.8 Å². The van der Waals surface area contributed by atoms with Crippen LogP contribution in [0.3, 0.4) is 0 Å². The summed E-state index contributed by atoms with van der Waals surface area (Å²) in [6, 6.07) is 18.5. The average Bonchev–Trinajstić information content (AvgIpc) is 2.91. The molecule has 4 rings (SSSR count). The van der Waals surface area contributed by atoms with E-state index in [9.17, 15) is 9.59 Å². The summed E-state index contributed by atoms with van der Waals surface area (Å²) in [5.74, 6) is 1.61. The Balaban J connectivity index is 1.53. The van der Waals surface area contributed by atoms with Gasteiger partial charge in [-0.15, -0.1) is 0 Å². The Kier molecular flexibility index (Phi) is 7.85.